The molecule has 1 amide bonds. The summed E-state index contributed by atoms with van der Waals surface area (Å²) in [7, 11) is 0. The van der Waals surface area contributed by atoms with Gasteiger partial charge in [0.25, 0.3) is 5.91 Å². The smallest absolute Gasteiger partial charge is 0.253 e. The molecule has 1 aliphatic heterocycles. The van der Waals surface area contributed by atoms with Crippen molar-refractivity contribution in [1.82, 2.24) is 0 Å². The maximum absolute atomic E-state index is 12.0. The van der Waals surface area contributed by atoms with Gasteiger partial charge in [0.05, 0.1) is 19.3 Å². The van der Waals surface area contributed by atoms with E-state index in [1.807, 2.05) is 13.8 Å². The number of benzene rings is 1. The molecule has 1 heterocycles. The fourth-order valence-corrected chi connectivity index (χ4v) is 2.30. The van der Waals surface area contributed by atoms with Crippen LogP contribution in [0.4, 0.5) is 5.69 Å². The number of aliphatic hydroxyl groups is 1. The molecule has 0 saturated carbocycles. The van der Waals surface area contributed by atoms with Crippen molar-refractivity contribution in [2.24, 2.45) is 0 Å². The van der Waals surface area contributed by atoms with Crippen LogP contribution in [0, 0.1) is 0 Å². The van der Waals surface area contributed by atoms with Crippen LogP contribution < -0.4 is 10.1 Å². The third kappa shape index (κ3) is 3.49. The molecule has 2 unspecified atom stereocenters. The molecule has 1 aromatic rings. The molecule has 0 aliphatic carbocycles. The summed E-state index contributed by atoms with van der Waals surface area (Å²) >= 11 is 0. The van der Waals surface area contributed by atoms with Gasteiger partial charge in [0.15, 0.2) is 0 Å². The molecule has 1 saturated heterocycles. The van der Waals surface area contributed by atoms with Crippen LogP contribution >= 0.6 is 0 Å². The average Bonchev–Trinajstić information content (AvgIpc) is 2.87. The maximum Gasteiger partial charge on any atom is 0.253 e. The van der Waals surface area contributed by atoms with E-state index in [1.54, 1.807) is 18.2 Å². The SMILES string of the molecule is CCOc1ccc(NC(=O)C2CCC(C)O2)cc1CO. The third-order valence-corrected chi connectivity index (χ3v) is 3.32. The van der Waals surface area contributed by atoms with E-state index in [9.17, 15) is 9.90 Å². The number of anilines is 1. The number of amides is 1. The first-order valence-corrected chi connectivity index (χ1v) is 6.97. The zero-order valence-corrected chi connectivity index (χ0v) is 11.9. The Kier molecular flexibility index (Phi) is 4.98. The van der Waals surface area contributed by atoms with Crippen LogP contribution in [0.2, 0.25) is 0 Å². The van der Waals surface area contributed by atoms with Gasteiger partial charge in [-0.25, -0.2) is 0 Å². The number of nitrogens with one attached hydrogen (secondary N) is 1. The van der Waals surface area contributed by atoms with Crippen LogP contribution in [-0.4, -0.2) is 29.8 Å². The van der Waals surface area contributed by atoms with Crippen LogP contribution in [0.1, 0.15) is 32.3 Å². The van der Waals surface area contributed by atoms with E-state index in [-0.39, 0.29) is 24.7 Å². The van der Waals surface area contributed by atoms with Gasteiger partial charge in [0.2, 0.25) is 0 Å². The highest BCUT2D eigenvalue weighted by Crippen LogP contribution is 2.25. The fourth-order valence-electron chi connectivity index (χ4n) is 2.30. The summed E-state index contributed by atoms with van der Waals surface area (Å²) in [6, 6.07) is 5.24. The Bertz CT molecular complexity index is 475. The number of ether oxygens (including phenoxy) is 2. The Hall–Kier alpha value is -1.59. The minimum absolute atomic E-state index is 0.129. The second-order valence-electron chi connectivity index (χ2n) is 4.92. The molecule has 0 aromatic heterocycles. The lowest BCUT2D eigenvalue weighted by atomic mass is 10.1. The van der Waals surface area contributed by atoms with Crippen molar-refractivity contribution in [2.75, 3.05) is 11.9 Å². The molecule has 110 valence electrons. The van der Waals surface area contributed by atoms with Gasteiger partial charge in [-0.05, 0) is 44.9 Å². The predicted octanol–water partition coefficient (Wildman–Crippen LogP) is 2.08. The molecular weight excluding hydrogens is 258 g/mol. The summed E-state index contributed by atoms with van der Waals surface area (Å²) in [6.45, 7) is 4.26. The van der Waals surface area contributed by atoms with E-state index >= 15 is 0 Å². The summed E-state index contributed by atoms with van der Waals surface area (Å²) in [4.78, 5) is 12.0. The van der Waals surface area contributed by atoms with E-state index in [0.717, 1.165) is 12.8 Å². The van der Waals surface area contributed by atoms with Gasteiger partial charge in [-0.1, -0.05) is 0 Å². The molecular formula is C15H21NO4. The number of carbonyl (C=O) groups is 1. The lowest BCUT2D eigenvalue weighted by Crippen LogP contribution is -2.27. The molecule has 1 aliphatic rings. The van der Waals surface area contributed by atoms with E-state index < -0.39 is 0 Å². The lowest BCUT2D eigenvalue weighted by Gasteiger charge is -2.14. The van der Waals surface area contributed by atoms with Crippen LogP contribution in [0.3, 0.4) is 0 Å². The first kappa shape index (κ1) is 14.8. The van der Waals surface area contributed by atoms with Crippen molar-refractivity contribution in [1.29, 1.82) is 0 Å². The highest BCUT2D eigenvalue weighted by molar-refractivity contribution is 5.94. The Morgan fingerprint density at radius 1 is 1.50 bits per heavy atom. The van der Waals surface area contributed by atoms with Crippen LogP contribution in [0.5, 0.6) is 5.75 Å². The van der Waals surface area contributed by atoms with Gasteiger partial charge in [-0.3, -0.25) is 4.79 Å². The second-order valence-corrected chi connectivity index (χ2v) is 4.92. The highest BCUT2D eigenvalue weighted by Gasteiger charge is 2.28. The van der Waals surface area contributed by atoms with Crippen molar-refractivity contribution in [3.63, 3.8) is 0 Å². The maximum atomic E-state index is 12.0. The van der Waals surface area contributed by atoms with Crippen LogP contribution in [-0.2, 0) is 16.1 Å². The van der Waals surface area contributed by atoms with Gasteiger partial charge in [-0.15, -0.1) is 0 Å². The van der Waals surface area contributed by atoms with E-state index in [1.165, 1.54) is 0 Å². The number of rotatable bonds is 5. The molecule has 5 nitrogen and oxygen atoms in total. The van der Waals surface area contributed by atoms with Crippen molar-refractivity contribution in [3.8, 4) is 5.75 Å². The van der Waals surface area contributed by atoms with Gasteiger partial charge < -0.3 is 19.9 Å². The number of hydrogen-bond donors (Lipinski definition) is 2. The molecule has 20 heavy (non-hydrogen) atoms. The van der Waals surface area contributed by atoms with Crippen molar-refractivity contribution in [3.05, 3.63) is 23.8 Å². The van der Waals surface area contributed by atoms with E-state index in [2.05, 4.69) is 5.32 Å². The predicted molar refractivity (Wildman–Crippen MR) is 75.7 cm³/mol. The molecule has 0 radical (unpaired) electrons. The summed E-state index contributed by atoms with van der Waals surface area (Å²) in [5.74, 6) is 0.501. The Balaban J connectivity index is 2.04. The normalized spacial score (nSPS) is 21.8. The second kappa shape index (κ2) is 6.72. The largest absolute Gasteiger partial charge is 0.494 e. The summed E-state index contributed by atoms with van der Waals surface area (Å²) in [5.41, 5.74) is 1.30. The van der Waals surface area contributed by atoms with Crippen LogP contribution in [0.15, 0.2) is 18.2 Å². The van der Waals surface area contributed by atoms with Crippen LogP contribution in [0.25, 0.3) is 0 Å². The first-order valence-electron chi connectivity index (χ1n) is 6.97. The topological polar surface area (TPSA) is 67.8 Å². The first-order chi connectivity index (χ1) is 9.63. The quantitative estimate of drug-likeness (QED) is 0.866. The standard InChI is InChI=1S/C15H21NO4/c1-3-19-13-7-5-12(8-11(13)9-17)16-15(18)14-6-4-10(2)20-14/h5,7-8,10,14,17H,3-4,6,9H2,1-2H3,(H,16,18). The lowest BCUT2D eigenvalue weighted by molar-refractivity contribution is -0.126. The van der Waals surface area contributed by atoms with Gasteiger partial charge in [0.1, 0.15) is 11.9 Å². The molecule has 2 N–H and O–H groups in total. The number of hydrogen-bond acceptors (Lipinski definition) is 4. The molecule has 0 spiro atoms. The van der Waals surface area contributed by atoms with Crippen molar-refractivity contribution in [2.45, 2.75) is 45.5 Å². The molecule has 2 atom stereocenters. The number of aliphatic hydroxyl groups excluding tert-OH is 1. The zero-order chi connectivity index (χ0) is 14.5. The minimum Gasteiger partial charge on any atom is -0.494 e. The Labute approximate surface area is 118 Å². The zero-order valence-electron chi connectivity index (χ0n) is 11.9. The molecule has 2 rings (SSSR count). The molecule has 5 heteroatoms. The fraction of sp³-hybridized carbons (Fsp3) is 0.533. The molecule has 0 bridgehead atoms. The van der Waals surface area contributed by atoms with Gasteiger partial charge >= 0.3 is 0 Å². The summed E-state index contributed by atoms with van der Waals surface area (Å²) in [6.07, 6.45) is 1.41. The molecule has 1 fully saturated rings. The van der Waals surface area contributed by atoms with Gasteiger partial charge in [0, 0.05) is 11.3 Å². The van der Waals surface area contributed by atoms with E-state index in [4.69, 9.17) is 9.47 Å². The van der Waals surface area contributed by atoms with E-state index in [0.29, 0.717) is 23.6 Å². The average molecular weight is 279 g/mol. The van der Waals surface area contributed by atoms with Crippen molar-refractivity contribution >= 4 is 11.6 Å². The third-order valence-electron chi connectivity index (χ3n) is 3.32. The molecule has 1 aromatic carbocycles. The monoisotopic (exact) mass is 279 g/mol. The minimum atomic E-state index is -0.380. The number of carbonyl (C=O) groups excluding carboxylic acids is 1. The van der Waals surface area contributed by atoms with Gasteiger partial charge in [-0.2, -0.15) is 0 Å². The Morgan fingerprint density at radius 2 is 2.30 bits per heavy atom. The highest BCUT2D eigenvalue weighted by atomic mass is 16.5. The summed E-state index contributed by atoms with van der Waals surface area (Å²) < 4.78 is 10.9. The van der Waals surface area contributed by atoms with Crippen molar-refractivity contribution < 1.29 is 19.4 Å². The Morgan fingerprint density at radius 3 is 2.90 bits per heavy atom. The summed E-state index contributed by atoms with van der Waals surface area (Å²) in [5, 5.41) is 12.2.